The number of rotatable bonds is 8. The Morgan fingerprint density at radius 3 is 2.65 bits per heavy atom. The molecule has 1 aliphatic rings. The van der Waals surface area contributed by atoms with Crippen molar-refractivity contribution in [3.63, 3.8) is 0 Å². The van der Waals surface area contributed by atoms with Gasteiger partial charge in [0.15, 0.2) is 0 Å². The fraction of sp³-hybridized carbons (Fsp3) is 0.941. The molecule has 1 aliphatic carbocycles. The maximum atomic E-state index is 11.8. The first-order chi connectivity index (χ1) is 10.8. The van der Waals surface area contributed by atoms with Gasteiger partial charge in [-0.2, -0.15) is 0 Å². The minimum atomic E-state index is -0.466. The highest BCUT2D eigenvalue weighted by Crippen LogP contribution is 2.24. The number of aliphatic hydroxyl groups is 1. The van der Waals surface area contributed by atoms with Gasteiger partial charge in [0, 0.05) is 19.7 Å². The van der Waals surface area contributed by atoms with Crippen molar-refractivity contribution in [2.75, 3.05) is 26.8 Å². The van der Waals surface area contributed by atoms with E-state index in [1.54, 1.807) is 7.11 Å². The van der Waals surface area contributed by atoms with Crippen molar-refractivity contribution in [3.8, 4) is 0 Å². The third kappa shape index (κ3) is 9.13. The Morgan fingerprint density at radius 2 is 2.00 bits per heavy atom. The van der Waals surface area contributed by atoms with E-state index in [1.165, 1.54) is 12.8 Å². The van der Waals surface area contributed by atoms with Crippen molar-refractivity contribution in [1.29, 1.82) is 0 Å². The van der Waals surface area contributed by atoms with Gasteiger partial charge in [0.05, 0.1) is 12.7 Å². The standard InChI is InChI=1S/C17H34N2O4/c1-17(2,3)23-16(21)19-11-13-7-5-6-8-15(13)18-10-9-14(20)12-22-4/h13-15,18,20H,5-12H2,1-4H3,(H,19,21). The summed E-state index contributed by atoms with van der Waals surface area (Å²) < 4.78 is 10.2. The molecule has 0 aromatic carbocycles. The van der Waals surface area contributed by atoms with Crippen molar-refractivity contribution < 1.29 is 19.4 Å². The van der Waals surface area contributed by atoms with E-state index in [1.807, 2.05) is 20.8 Å². The summed E-state index contributed by atoms with van der Waals surface area (Å²) in [5.41, 5.74) is -0.466. The maximum absolute atomic E-state index is 11.8. The highest BCUT2D eigenvalue weighted by Gasteiger charge is 2.26. The van der Waals surface area contributed by atoms with Crippen LogP contribution in [0.5, 0.6) is 0 Å². The van der Waals surface area contributed by atoms with E-state index in [-0.39, 0.29) is 6.09 Å². The average Bonchev–Trinajstić information content (AvgIpc) is 2.45. The van der Waals surface area contributed by atoms with Crippen molar-refractivity contribution >= 4 is 6.09 Å². The molecule has 1 saturated carbocycles. The lowest BCUT2D eigenvalue weighted by atomic mass is 9.84. The predicted octanol–water partition coefficient (Wildman–Crippen LogP) is 2.06. The Labute approximate surface area is 140 Å². The minimum absolute atomic E-state index is 0.350. The lowest BCUT2D eigenvalue weighted by molar-refractivity contribution is 0.0507. The normalized spacial score (nSPS) is 23.3. The van der Waals surface area contributed by atoms with Crippen LogP contribution in [0.2, 0.25) is 0 Å². The average molecular weight is 330 g/mol. The van der Waals surface area contributed by atoms with E-state index < -0.39 is 11.7 Å². The van der Waals surface area contributed by atoms with Gasteiger partial charge in [-0.15, -0.1) is 0 Å². The van der Waals surface area contributed by atoms with Crippen LogP contribution in [0.25, 0.3) is 0 Å². The number of hydrogen-bond acceptors (Lipinski definition) is 5. The van der Waals surface area contributed by atoms with E-state index in [2.05, 4.69) is 10.6 Å². The van der Waals surface area contributed by atoms with Crippen molar-refractivity contribution in [2.24, 2.45) is 5.92 Å². The molecule has 0 spiro atoms. The van der Waals surface area contributed by atoms with E-state index in [4.69, 9.17) is 9.47 Å². The Morgan fingerprint density at radius 1 is 1.30 bits per heavy atom. The number of alkyl carbamates (subject to hydrolysis) is 1. The topological polar surface area (TPSA) is 79.8 Å². The van der Waals surface area contributed by atoms with Gasteiger partial charge in [-0.25, -0.2) is 4.79 Å². The smallest absolute Gasteiger partial charge is 0.407 e. The summed E-state index contributed by atoms with van der Waals surface area (Å²) in [6, 6.07) is 0.383. The SMILES string of the molecule is COCC(O)CCNC1CCCCC1CNC(=O)OC(C)(C)C. The van der Waals surface area contributed by atoms with Crippen LogP contribution in [0.15, 0.2) is 0 Å². The monoisotopic (exact) mass is 330 g/mol. The third-order valence-electron chi connectivity index (χ3n) is 4.06. The van der Waals surface area contributed by atoms with Gasteiger partial charge in [0.1, 0.15) is 5.60 Å². The highest BCUT2D eigenvalue weighted by molar-refractivity contribution is 5.67. The number of hydrogen-bond donors (Lipinski definition) is 3. The summed E-state index contributed by atoms with van der Waals surface area (Å²) >= 11 is 0. The van der Waals surface area contributed by atoms with Crippen LogP contribution < -0.4 is 10.6 Å². The van der Waals surface area contributed by atoms with Gasteiger partial charge in [0.25, 0.3) is 0 Å². The second kappa shape index (κ2) is 10.1. The first kappa shape index (κ1) is 20.2. The molecular weight excluding hydrogens is 296 g/mol. The van der Waals surface area contributed by atoms with E-state index in [0.29, 0.717) is 31.5 Å². The third-order valence-corrected chi connectivity index (χ3v) is 4.06. The fourth-order valence-electron chi connectivity index (χ4n) is 2.96. The summed E-state index contributed by atoms with van der Waals surface area (Å²) in [5.74, 6) is 0.413. The fourth-order valence-corrected chi connectivity index (χ4v) is 2.96. The first-order valence-electron chi connectivity index (χ1n) is 8.69. The quantitative estimate of drug-likeness (QED) is 0.635. The summed E-state index contributed by atoms with van der Waals surface area (Å²) in [4.78, 5) is 11.8. The number of carbonyl (C=O) groups excluding carboxylic acids is 1. The molecule has 23 heavy (non-hydrogen) atoms. The number of carbonyl (C=O) groups is 1. The zero-order valence-electron chi connectivity index (χ0n) is 15.1. The van der Waals surface area contributed by atoms with Crippen LogP contribution >= 0.6 is 0 Å². The van der Waals surface area contributed by atoms with Gasteiger partial charge in [-0.3, -0.25) is 0 Å². The molecule has 0 aliphatic heterocycles. The van der Waals surface area contributed by atoms with Crippen LogP contribution in [0.3, 0.4) is 0 Å². The number of aliphatic hydroxyl groups excluding tert-OH is 1. The molecular formula is C17H34N2O4. The zero-order valence-corrected chi connectivity index (χ0v) is 15.1. The second-order valence-corrected chi connectivity index (χ2v) is 7.39. The molecule has 0 aromatic rings. The molecule has 1 rings (SSSR count). The molecule has 0 heterocycles. The molecule has 3 unspecified atom stereocenters. The van der Waals surface area contributed by atoms with Crippen molar-refractivity contribution in [1.82, 2.24) is 10.6 Å². The molecule has 6 nitrogen and oxygen atoms in total. The second-order valence-electron chi connectivity index (χ2n) is 7.39. The molecule has 3 N–H and O–H groups in total. The van der Waals surface area contributed by atoms with E-state index >= 15 is 0 Å². The summed E-state index contributed by atoms with van der Waals surface area (Å²) in [7, 11) is 1.59. The summed E-state index contributed by atoms with van der Waals surface area (Å²) in [5, 5.41) is 16.1. The van der Waals surface area contributed by atoms with Gasteiger partial charge >= 0.3 is 6.09 Å². The maximum Gasteiger partial charge on any atom is 0.407 e. The Balaban J connectivity index is 2.32. The molecule has 6 heteroatoms. The zero-order chi connectivity index (χ0) is 17.3. The number of methoxy groups -OCH3 is 1. The van der Waals surface area contributed by atoms with Crippen LogP contribution in [-0.2, 0) is 9.47 Å². The summed E-state index contributed by atoms with van der Waals surface area (Å²) in [6.07, 6.45) is 4.53. The lowest BCUT2D eigenvalue weighted by Gasteiger charge is -2.33. The lowest BCUT2D eigenvalue weighted by Crippen LogP contribution is -2.45. The number of nitrogens with one attached hydrogen (secondary N) is 2. The molecule has 0 bridgehead atoms. The van der Waals surface area contributed by atoms with E-state index in [9.17, 15) is 9.90 Å². The number of ether oxygens (including phenoxy) is 2. The Bertz CT molecular complexity index is 344. The molecule has 0 aromatic heterocycles. The largest absolute Gasteiger partial charge is 0.444 e. The Hall–Kier alpha value is -0.850. The van der Waals surface area contributed by atoms with Gasteiger partial charge in [-0.05, 0) is 52.5 Å². The van der Waals surface area contributed by atoms with Crippen LogP contribution in [0.4, 0.5) is 4.79 Å². The highest BCUT2D eigenvalue weighted by atomic mass is 16.6. The van der Waals surface area contributed by atoms with Gasteiger partial charge in [-0.1, -0.05) is 12.8 Å². The van der Waals surface area contributed by atoms with Crippen molar-refractivity contribution in [3.05, 3.63) is 0 Å². The molecule has 0 saturated heterocycles. The molecule has 1 amide bonds. The van der Waals surface area contributed by atoms with Gasteiger partial charge in [0.2, 0.25) is 0 Å². The molecule has 3 atom stereocenters. The van der Waals surface area contributed by atoms with E-state index in [0.717, 1.165) is 19.4 Å². The number of amides is 1. The van der Waals surface area contributed by atoms with Crippen LogP contribution in [-0.4, -0.2) is 55.8 Å². The minimum Gasteiger partial charge on any atom is -0.444 e. The Kier molecular flexibility index (Phi) is 8.87. The van der Waals surface area contributed by atoms with Crippen molar-refractivity contribution in [2.45, 2.75) is 70.6 Å². The molecule has 0 radical (unpaired) electrons. The van der Waals surface area contributed by atoms with Crippen LogP contribution in [0, 0.1) is 5.92 Å². The first-order valence-corrected chi connectivity index (χ1v) is 8.69. The van der Waals surface area contributed by atoms with Gasteiger partial charge < -0.3 is 25.2 Å². The summed E-state index contributed by atoms with van der Waals surface area (Å²) in [6.45, 7) is 7.36. The molecule has 136 valence electrons. The van der Waals surface area contributed by atoms with Crippen LogP contribution in [0.1, 0.15) is 52.9 Å². The molecule has 1 fully saturated rings. The predicted molar refractivity (Wildman–Crippen MR) is 90.5 cm³/mol.